The fraction of sp³-hybridized carbons (Fsp3) is 0.900. The molecule has 0 radical (unpaired) electrons. The van der Waals surface area contributed by atoms with E-state index in [0.717, 1.165) is 13.1 Å². The van der Waals surface area contributed by atoms with Gasteiger partial charge < -0.3 is 10.2 Å². The zero-order valence-electron chi connectivity index (χ0n) is 8.31. The lowest BCUT2D eigenvalue weighted by atomic mass is 9.78. The first-order valence-corrected chi connectivity index (χ1v) is 5.18. The van der Waals surface area contributed by atoms with Crippen LogP contribution in [0.5, 0.6) is 0 Å². The third-order valence-corrected chi connectivity index (χ3v) is 3.60. The van der Waals surface area contributed by atoms with E-state index >= 15 is 0 Å². The smallest absolute Gasteiger partial charge is 0.219 e. The molecule has 0 aromatic rings. The van der Waals surface area contributed by atoms with E-state index in [9.17, 15) is 4.79 Å². The molecule has 2 aliphatic heterocycles. The third kappa shape index (κ3) is 1.70. The van der Waals surface area contributed by atoms with Crippen LogP contribution in [0.4, 0.5) is 0 Å². The van der Waals surface area contributed by atoms with Crippen molar-refractivity contribution in [2.45, 2.75) is 26.2 Å². The highest BCUT2D eigenvalue weighted by Crippen LogP contribution is 2.36. The Kier molecular flexibility index (Phi) is 2.28. The van der Waals surface area contributed by atoms with Crippen LogP contribution in [-0.2, 0) is 4.79 Å². The van der Waals surface area contributed by atoms with Gasteiger partial charge in [0, 0.05) is 26.6 Å². The normalized spacial score (nSPS) is 26.7. The molecule has 13 heavy (non-hydrogen) atoms. The predicted octanol–water partition coefficient (Wildman–Crippen LogP) is 0.608. The van der Waals surface area contributed by atoms with Crippen LogP contribution in [-0.4, -0.2) is 37.0 Å². The Morgan fingerprint density at radius 2 is 2.00 bits per heavy atom. The van der Waals surface area contributed by atoms with E-state index in [1.165, 1.54) is 32.4 Å². The van der Waals surface area contributed by atoms with Crippen LogP contribution in [0.25, 0.3) is 0 Å². The van der Waals surface area contributed by atoms with Crippen LogP contribution in [0.1, 0.15) is 26.2 Å². The standard InChI is InChI=1S/C10H18N2O/c1-9(13)12-6-3-10(4-7-12)2-5-11-8-10/h11H,2-8H2,1H3. The van der Waals surface area contributed by atoms with Crippen LogP contribution in [0.2, 0.25) is 0 Å². The third-order valence-electron chi connectivity index (χ3n) is 3.60. The Labute approximate surface area is 79.5 Å². The van der Waals surface area contributed by atoms with Crippen LogP contribution >= 0.6 is 0 Å². The van der Waals surface area contributed by atoms with E-state index in [1.54, 1.807) is 6.92 Å². The van der Waals surface area contributed by atoms with E-state index < -0.39 is 0 Å². The molecule has 1 N–H and O–H groups in total. The summed E-state index contributed by atoms with van der Waals surface area (Å²) in [6.45, 7) is 5.94. The van der Waals surface area contributed by atoms with E-state index in [-0.39, 0.29) is 5.91 Å². The Morgan fingerprint density at radius 3 is 2.46 bits per heavy atom. The highest BCUT2D eigenvalue weighted by Gasteiger charge is 2.37. The average Bonchev–Trinajstić information content (AvgIpc) is 2.54. The molecule has 2 heterocycles. The second-order valence-corrected chi connectivity index (χ2v) is 4.43. The summed E-state index contributed by atoms with van der Waals surface area (Å²) in [5.74, 6) is 0.237. The average molecular weight is 182 g/mol. The van der Waals surface area contributed by atoms with E-state index in [4.69, 9.17) is 0 Å². The molecule has 2 rings (SSSR count). The minimum atomic E-state index is 0.237. The zero-order valence-corrected chi connectivity index (χ0v) is 8.31. The van der Waals surface area contributed by atoms with Gasteiger partial charge in [0.2, 0.25) is 5.91 Å². The number of likely N-dealkylation sites (tertiary alicyclic amines) is 1. The Morgan fingerprint density at radius 1 is 1.31 bits per heavy atom. The maximum atomic E-state index is 11.1. The minimum Gasteiger partial charge on any atom is -0.343 e. The fourth-order valence-electron chi connectivity index (χ4n) is 2.52. The van der Waals surface area contributed by atoms with Gasteiger partial charge in [-0.05, 0) is 31.2 Å². The van der Waals surface area contributed by atoms with E-state index in [1.807, 2.05) is 4.90 Å². The molecule has 3 heteroatoms. The number of amides is 1. The molecule has 0 atom stereocenters. The van der Waals surface area contributed by atoms with Crippen molar-refractivity contribution in [3.8, 4) is 0 Å². The first kappa shape index (κ1) is 9.00. The summed E-state index contributed by atoms with van der Waals surface area (Å²) in [6.07, 6.45) is 3.69. The molecular formula is C10H18N2O. The first-order chi connectivity index (χ1) is 6.22. The quantitative estimate of drug-likeness (QED) is 0.595. The van der Waals surface area contributed by atoms with Gasteiger partial charge in [-0.25, -0.2) is 0 Å². The largest absolute Gasteiger partial charge is 0.343 e. The molecule has 1 spiro atoms. The monoisotopic (exact) mass is 182 g/mol. The number of carbonyl (C=O) groups is 1. The second-order valence-electron chi connectivity index (χ2n) is 4.43. The van der Waals surface area contributed by atoms with Gasteiger partial charge in [0.15, 0.2) is 0 Å². The van der Waals surface area contributed by atoms with Gasteiger partial charge in [-0.2, -0.15) is 0 Å². The highest BCUT2D eigenvalue weighted by molar-refractivity contribution is 5.73. The van der Waals surface area contributed by atoms with Crippen molar-refractivity contribution in [1.29, 1.82) is 0 Å². The summed E-state index contributed by atoms with van der Waals surface area (Å²) in [5.41, 5.74) is 0.534. The molecule has 0 aromatic heterocycles. The van der Waals surface area contributed by atoms with Crippen LogP contribution < -0.4 is 5.32 Å². The lowest BCUT2D eigenvalue weighted by molar-refractivity contribution is -0.130. The van der Waals surface area contributed by atoms with E-state index in [2.05, 4.69) is 5.32 Å². The Bertz CT molecular complexity index is 199. The zero-order chi connectivity index (χ0) is 9.31. The first-order valence-electron chi connectivity index (χ1n) is 5.18. The van der Waals surface area contributed by atoms with Crippen molar-refractivity contribution < 1.29 is 4.79 Å². The minimum absolute atomic E-state index is 0.237. The summed E-state index contributed by atoms with van der Waals surface area (Å²) in [7, 11) is 0. The van der Waals surface area contributed by atoms with Gasteiger partial charge >= 0.3 is 0 Å². The molecule has 0 bridgehead atoms. The molecule has 3 nitrogen and oxygen atoms in total. The van der Waals surface area contributed by atoms with Gasteiger partial charge in [-0.1, -0.05) is 0 Å². The molecule has 74 valence electrons. The van der Waals surface area contributed by atoms with Gasteiger partial charge in [-0.15, -0.1) is 0 Å². The SMILES string of the molecule is CC(=O)N1CCC2(CCNC2)CC1. The van der Waals surface area contributed by atoms with Crippen molar-refractivity contribution in [2.24, 2.45) is 5.41 Å². The summed E-state index contributed by atoms with van der Waals surface area (Å²) < 4.78 is 0. The molecule has 0 aliphatic carbocycles. The maximum Gasteiger partial charge on any atom is 0.219 e. The van der Waals surface area contributed by atoms with Crippen LogP contribution in [0, 0.1) is 5.41 Å². The Hall–Kier alpha value is -0.570. The topological polar surface area (TPSA) is 32.3 Å². The molecule has 2 saturated heterocycles. The maximum absolute atomic E-state index is 11.1. The van der Waals surface area contributed by atoms with E-state index in [0.29, 0.717) is 5.41 Å². The molecule has 0 saturated carbocycles. The summed E-state index contributed by atoms with van der Waals surface area (Å²) in [4.78, 5) is 13.1. The lowest BCUT2D eigenvalue weighted by Crippen LogP contribution is -2.43. The molecule has 2 fully saturated rings. The molecule has 0 aromatic carbocycles. The number of piperidine rings is 1. The van der Waals surface area contributed by atoms with Crippen LogP contribution in [0.3, 0.4) is 0 Å². The predicted molar refractivity (Wildman–Crippen MR) is 51.4 cm³/mol. The van der Waals surface area contributed by atoms with Crippen LogP contribution in [0.15, 0.2) is 0 Å². The summed E-state index contributed by atoms with van der Waals surface area (Å²) >= 11 is 0. The van der Waals surface area contributed by atoms with Gasteiger partial charge in [0.1, 0.15) is 0 Å². The van der Waals surface area contributed by atoms with Crippen molar-refractivity contribution in [1.82, 2.24) is 10.2 Å². The summed E-state index contributed by atoms with van der Waals surface area (Å²) in [6, 6.07) is 0. The number of nitrogens with zero attached hydrogens (tertiary/aromatic N) is 1. The fourth-order valence-corrected chi connectivity index (χ4v) is 2.52. The molecule has 2 aliphatic rings. The van der Waals surface area contributed by atoms with Crippen molar-refractivity contribution in [3.63, 3.8) is 0 Å². The highest BCUT2D eigenvalue weighted by atomic mass is 16.2. The number of hydrogen-bond donors (Lipinski definition) is 1. The van der Waals surface area contributed by atoms with Crippen molar-refractivity contribution in [3.05, 3.63) is 0 Å². The lowest BCUT2D eigenvalue weighted by Gasteiger charge is -2.38. The molecule has 1 amide bonds. The number of hydrogen-bond acceptors (Lipinski definition) is 2. The second kappa shape index (κ2) is 3.29. The number of rotatable bonds is 0. The van der Waals surface area contributed by atoms with Gasteiger partial charge in [-0.3, -0.25) is 4.79 Å². The molecular weight excluding hydrogens is 164 g/mol. The van der Waals surface area contributed by atoms with Gasteiger partial charge in [0.05, 0.1) is 0 Å². The molecule has 0 unspecified atom stereocenters. The number of carbonyl (C=O) groups excluding carboxylic acids is 1. The van der Waals surface area contributed by atoms with Gasteiger partial charge in [0.25, 0.3) is 0 Å². The Balaban J connectivity index is 1.91. The van der Waals surface area contributed by atoms with Crippen molar-refractivity contribution in [2.75, 3.05) is 26.2 Å². The number of nitrogens with one attached hydrogen (secondary N) is 1. The van der Waals surface area contributed by atoms with Crippen molar-refractivity contribution >= 4 is 5.91 Å². The summed E-state index contributed by atoms with van der Waals surface area (Å²) in [5, 5.41) is 3.42.